The van der Waals surface area contributed by atoms with Crippen LogP contribution in [0.25, 0.3) is 0 Å². The number of nitrogens with one attached hydrogen (secondary N) is 1. The van der Waals surface area contributed by atoms with Gasteiger partial charge in [0.25, 0.3) is 0 Å². The van der Waals surface area contributed by atoms with Crippen LogP contribution in [0.4, 0.5) is 0 Å². The average molecular weight is 289 g/mol. The second-order valence-electron chi connectivity index (χ2n) is 4.30. The van der Waals surface area contributed by atoms with E-state index in [0.717, 1.165) is 26.1 Å². The molecular formula is C15H31NO4. The van der Waals surface area contributed by atoms with Crippen LogP contribution in [0.1, 0.15) is 19.8 Å². The van der Waals surface area contributed by atoms with Gasteiger partial charge >= 0.3 is 0 Å². The molecule has 5 heteroatoms. The lowest BCUT2D eigenvalue weighted by atomic mass is 10.4. The van der Waals surface area contributed by atoms with Crippen molar-refractivity contribution in [2.24, 2.45) is 0 Å². The van der Waals surface area contributed by atoms with E-state index in [1.54, 1.807) is 0 Å². The van der Waals surface area contributed by atoms with Crippen LogP contribution >= 0.6 is 0 Å². The largest absolute Gasteiger partial charge is 0.379 e. The Morgan fingerprint density at radius 1 is 0.800 bits per heavy atom. The van der Waals surface area contributed by atoms with E-state index in [1.807, 2.05) is 6.08 Å². The lowest BCUT2D eigenvalue weighted by molar-refractivity contribution is -0.00164. The van der Waals surface area contributed by atoms with Gasteiger partial charge in [0, 0.05) is 19.7 Å². The molecule has 1 N–H and O–H groups in total. The molecule has 0 atom stereocenters. The predicted octanol–water partition coefficient (Wildman–Crippen LogP) is 1.63. The highest BCUT2D eigenvalue weighted by Gasteiger charge is 1.92. The first-order chi connectivity index (χ1) is 9.91. The van der Waals surface area contributed by atoms with Crippen LogP contribution in [0.2, 0.25) is 0 Å². The van der Waals surface area contributed by atoms with Crippen molar-refractivity contribution in [1.29, 1.82) is 0 Å². The van der Waals surface area contributed by atoms with Crippen LogP contribution in [0.3, 0.4) is 0 Å². The van der Waals surface area contributed by atoms with E-state index in [4.69, 9.17) is 18.9 Å². The fourth-order valence-electron chi connectivity index (χ4n) is 1.36. The summed E-state index contributed by atoms with van der Waals surface area (Å²) in [6.45, 7) is 12.7. The molecule has 0 radical (unpaired) electrons. The summed E-state index contributed by atoms with van der Waals surface area (Å²) in [5, 5.41) is 3.16. The van der Waals surface area contributed by atoms with Crippen molar-refractivity contribution in [1.82, 2.24) is 5.32 Å². The van der Waals surface area contributed by atoms with E-state index < -0.39 is 0 Å². The summed E-state index contributed by atoms with van der Waals surface area (Å²) in [5.74, 6) is 0. The van der Waals surface area contributed by atoms with Crippen LogP contribution in [0.5, 0.6) is 0 Å². The van der Waals surface area contributed by atoms with Gasteiger partial charge in [-0.3, -0.25) is 0 Å². The molecule has 0 heterocycles. The Balaban J connectivity index is 2.90. The summed E-state index contributed by atoms with van der Waals surface area (Å²) in [5.41, 5.74) is 0. The number of hydrogen-bond donors (Lipinski definition) is 1. The minimum Gasteiger partial charge on any atom is -0.379 e. The van der Waals surface area contributed by atoms with Crippen LogP contribution in [0.15, 0.2) is 12.7 Å². The van der Waals surface area contributed by atoms with Gasteiger partial charge in [0.05, 0.1) is 46.2 Å². The number of rotatable bonds is 17. The first-order valence-electron chi connectivity index (χ1n) is 7.54. The summed E-state index contributed by atoms with van der Waals surface area (Å²) in [6.07, 6.45) is 4.12. The van der Waals surface area contributed by atoms with Gasteiger partial charge < -0.3 is 24.3 Å². The lowest BCUT2D eigenvalue weighted by Gasteiger charge is -2.07. The van der Waals surface area contributed by atoms with Crippen molar-refractivity contribution in [2.75, 3.05) is 65.9 Å². The Bertz CT molecular complexity index is 191. The Hall–Kier alpha value is -0.460. The van der Waals surface area contributed by atoms with Crippen molar-refractivity contribution < 1.29 is 18.9 Å². The highest BCUT2D eigenvalue weighted by molar-refractivity contribution is 4.68. The molecule has 0 spiro atoms. The summed E-state index contributed by atoms with van der Waals surface area (Å²) >= 11 is 0. The number of unbranched alkanes of at least 4 members (excludes halogenated alkanes) is 1. The molecule has 0 bridgehead atoms. The molecule has 0 rings (SSSR count). The molecule has 0 aliphatic rings. The molecule has 20 heavy (non-hydrogen) atoms. The summed E-state index contributed by atoms with van der Waals surface area (Å²) in [4.78, 5) is 0. The van der Waals surface area contributed by atoms with E-state index in [9.17, 15) is 0 Å². The predicted molar refractivity (Wildman–Crippen MR) is 81.3 cm³/mol. The fourth-order valence-corrected chi connectivity index (χ4v) is 1.36. The van der Waals surface area contributed by atoms with E-state index in [2.05, 4.69) is 18.8 Å². The molecule has 120 valence electrons. The van der Waals surface area contributed by atoms with E-state index in [1.165, 1.54) is 6.42 Å². The van der Waals surface area contributed by atoms with E-state index >= 15 is 0 Å². The average Bonchev–Trinajstić information content (AvgIpc) is 2.47. The molecule has 0 aromatic rings. The van der Waals surface area contributed by atoms with Crippen LogP contribution in [0, 0.1) is 0 Å². The normalized spacial score (nSPS) is 10.8. The first-order valence-corrected chi connectivity index (χ1v) is 7.54. The molecule has 0 aromatic carbocycles. The smallest absolute Gasteiger partial charge is 0.0701 e. The third kappa shape index (κ3) is 17.5. The van der Waals surface area contributed by atoms with E-state index in [-0.39, 0.29) is 0 Å². The SMILES string of the molecule is C=CCNCCOCCOCCOCCOCCCC. The van der Waals surface area contributed by atoms with Gasteiger partial charge in [-0.05, 0) is 6.42 Å². The zero-order valence-electron chi connectivity index (χ0n) is 12.9. The standard InChI is InChI=1S/C15H31NO4/c1-3-5-8-17-10-12-19-14-15-20-13-11-18-9-7-16-6-4-2/h4,16H,2-3,5-15H2,1H3. The van der Waals surface area contributed by atoms with Gasteiger partial charge in [-0.1, -0.05) is 19.4 Å². The van der Waals surface area contributed by atoms with Crippen molar-refractivity contribution in [3.05, 3.63) is 12.7 Å². The number of ether oxygens (including phenoxy) is 4. The molecule has 0 aromatic heterocycles. The van der Waals surface area contributed by atoms with Gasteiger partial charge in [-0.15, -0.1) is 6.58 Å². The van der Waals surface area contributed by atoms with Gasteiger partial charge in [-0.25, -0.2) is 0 Å². The third-order valence-corrected chi connectivity index (χ3v) is 2.47. The zero-order valence-corrected chi connectivity index (χ0v) is 12.9. The van der Waals surface area contributed by atoms with Gasteiger partial charge in [0.2, 0.25) is 0 Å². The fraction of sp³-hybridized carbons (Fsp3) is 0.867. The van der Waals surface area contributed by atoms with Gasteiger partial charge in [-0.2, -0.15) is 0 Å². The summed E-state index contributed by atoms with van der Waals surface area (Å²) < 4.78 is 21.5. The summed E-state index contributed by atoms with van der Waals surface area (Å²) in [6, 6.07) is 0. The molecule has 0 unspecified atom stereocenters. The molecule has 0 aliphatic heterocycles. The first kappa shape index (κ1) is 19.5. The minimum absolute atomic E-state index is 0.604. The second kappa shape index (κ2) is 18.5. The van der Waals surface area contributed by atoms with Crippen molar-refractivity contribution in [3.63, 3.8) is 0 Å². The topological polar surface area (TPSA) is 49.0 Å². The van der Waals surface area contributed by atoms with Crippen LogP contribution < -0.4 is 5.32 Å². The molecule has 0 aliphatic carbocycles. The Kier molecular flexibility index (Phi) is 18.1. The highest BCUT2D eigenvalue weighted by atomic mass is 16.6. The molecule has 0 saturated carbocycles. The Morgan fingerprint density at radius 2 is 1.30 bits per heavy atom. The quantitative estimate of drug-likeness (QED) is 0.326. The zero-order chi connectivity index (χ0) is 14.7. The van der Waals surface area contributed by atoms with Crippen LogP contribution in [-0.4, -0.2) is 65.9 Å². The highest BCUT2D eigenvalue weighted by Crippen LogP contribution is 1.88. The maximum Gasteiger partial charge on any atom is 0.0701 e. The molecule has 0 amide bonds. The van der Waals surface area contributed by atoms with Crippen LogP contribution in [-0.2, 0) is 18.9 Å². The third-order valence-electron chi connectivity index (χ3n) is 2.47. The molecular weight excluding hydrogens is 258 g/mol. The number of hydrogen-bond acceptors (Lipinski definition) is 5. The molecule has 0 fully saturated rings. The monoisotopic (exact) mass is 289 g/mol. The van der Waals surface area contributed by atoms with E-state index in [0.29, 0.717) is 46.2 Å². The Morgan fingerprint density at radius 3 is 1.80 bits per heavy atom. The maximum absolute atomic E-state index is 5.38. The Labute approximate surface area is 123 Å². The van der Waals surface area contributed by atoms with Crippen molar-refractivity contribution >= 4 is 0 Å². The maximum atomic E-state index is 5.38. The van der Waals surface area contributed by atoms with Crippen molar-refractivity contribution in [2.45, 2.75) is 19.8 Å². The molecule has 5 nitrogen and oxygen atoms in total. The second-order valence-corrected chi connectivity index (χ2v) is 4.30. The van der Waals surface area contributed by atoms with Crippen molar-refractivity contribution in [3.8, 4) is 0 Å². The summed E-state index contributed by atoms with van der Waals surface area (Å²) in [7, 11) is 0. The minimum atomic E-state index is 0.604. The molecule has 0 saturated heterocycles. The lowest BCUT2D eigenvalue weighted by Crippen LogP contribution is -2.20. The van der Waals surface area contributed by atoms with Gasteiger partial charge in [0.1, 0.15) is 0 Å². The van der Waals surface area contributed by atoms with Gasteiger partial charge in [0.15, 0.2) is 0 Å².